The Hall–Kier alpha value is -3.10. The van der Waals surface area contributed by atoms with E-state index in [1.165, 1.54) is 18.3 Å². The van der Waals surface area contributed by atoms with Gasteiger partial charge in [0.05, 0.1) is 17.9 Å². The Morgan fingerprint density at radius 1 is 1.07 bits per heavy atom. The summed E-state index contributed by atoms with van der Waals surface area (Å²) in [6.07, 6.45) is 0. The molecule has 0 radical (unpaired) electrons. The Labute approximate surface area is 180 Å². The van der Waals surface area contributed by atoms with E-state index in [1.807, 2.05) is 67.6 Å². The highest BCUT2D eigenvalue weighted by molar-refractivity contribution is 7.14. The summed E-state index contributed by atoms with van der Waals surface area (Å²) in [7, 11) is 1.85. The van der Waals surface area contributed by atoms with Crippen LogP contribution < -0.4 is 10.2 Å². The zero-order valence-electron chi connectivity index (χ0n) is 17.5. The molecule has 0 saturated carbocycles. The minimum Gasteiger partial charge on any atom is -0.310 e. The first kappa shape index (κ1) is 21.6. The van der Waals surface area contributed by atoms with Gasteiger partial charge in [-0.2, -0.15) is 0 Å². The number of pyridine rings is 1. The van der Waals surface area contributed by atoms with Crippen LogP contribution in [0.3, 0.4) is 0 Å². The van der Waals surface area contributed by atoms with Crippen LogP contribution in [0.4, 0.5) is 16.6 Å². The molecule has 0 unspecified atom stereocenters. The summed E-state index contributed by atoms with van der Waals surface area (Å²) in [4.78, 5) is 36.9. The number of carbonyl (C=O) groups is 2. The Bertz CT molecular complexity index is 1030. The van der Waals surface area contributed by atoms with Gasteiger partial charge in [0.15, 0.2) is 5.13 Å². The van der Waals surface area contributed by atoms with E-state index in [4.69, 9.17) is 0 Å². The number of thiazole rings is 1. The number of carbonyl (C=O) groups excluding carboxylic acids is 2. The van der Waals surface area contributed by atoms with E-state index in [9.17, 15) is 9.59 Å². The van der Waals surface area contributed by atoms with Gasteiger partial charge in [0.2, 0.25) is 11.8 Å². The standard InChI is InChI=1S/C22H25N5O2S/c1-15-8-10-19(11-9-15)27(17(3)28)22-24-18(14-30-22)12-26(4)13-21(29)25-20-7-5-6-16(2)23-20/h5-11,14H,12-13H2,1-4H3,(H,23,25,29). The van der Waals surface area contributed by atoms with E-state index in [1.54, 1.807) is 11.0 Å². The van der Waals surface area contributed by atoms with Crippen molar-refractivity contribution in [3.05, 3.63) is 64.8 Å². The quantitative estimate of drug-likeness (QED) is 0.623. The van der Waals surface area contributed by atoms with E-state index >= 15 is 0 Å². The van der Waals surface area contributed by atoms with Gasteiger partial charge in [-0.15, -0.1) is 11.3 Å². The molecule has 0 aliphatic carbocycles. The average molecular weight is 424 g/mol. The monoisotopic (exact) mass is 423 g/mol. The second-order valence-electron chi connectivity index (χ2n) is 7.20. The van der Waals surface area contributed by atoms with Crippen molar-refractivity contribution in [1.82, 2.24) is 14.9 Å². The van der Waals surface area contributed by atoms with Gasteiger partial charge < -0.3 is 5.32 Å². The zero-order chi connectivity index (χ0) is 21.7. The third kappa shape index (κ3) is 5.71. The smallest absolute Gasteiger partial charge is 0.239 e. The summed E-state index contributed by atoms with van der Waals surface area (Å²) >= 11 is 1.41. The molecule has 0 spiro atoms. The number of anilines is 3. The second-order valence-corrected chi connectivity index (χ2v) is 8.03. The third-order valence-electron chi connectivity index (χ3n) is 4.34. The number of nitrogens with one attached hydrogen (secondary N) is 1. The van der Waals surface area contributed by atoms with Gasteiger partial charge >= 0.3 is 0 Å². The number of hydrogen-bond acceptors (Lipinski definition) is 6. The Morgan fingerprint density at radius 3 is 2.47 bits per heavy atom. The summed E-state index contributed by atoms with van der Waals surface area (Å²) < 4.78 is 0. The SMILES string of the molecule is CC(=O)N(c1ccc(C)cc1)c1nc(CN(C)CC(=O)Nc2cccc(C)n2)cs1. The van der Waals surface area contributed by atoms with Gasteiger partial charge in [-0.3, -0.25) is 19.4 Å². The molecule has 3 aromatic rings. The molecule has 2 amide bonds. The number of aryl methyl sites for hydroxylation is 2. The molecule has 7 nitrogen and oxygen atoms in total. The first-order valence-electron chi connectivity index (χ1n) is 9.55. The van der Waals surface area contributed by atoms with Gasteiger partial charge in [-0.25, -0.2) is 9.97 Å². The fourth-order valence-corrected chi connectivity index (χ4v) is 3.84. The minimum atomic E-state index is -0.143. The number of aromatic nitrogens is 2. The Morgan fingerprint density at radius 2 is 1.80 bits per heavy atom. The number of nitrogens with zero attached hydrogens (tertiary/aromatic N) is 4. The van der Waals surface area contributed by atoms with Crippen LogP contribution in [0, 0.1) is 13.8 Å². The molecule has 2 aromatic heterocycles. The summed E-state index contributed by atoms with van der Waals surface area (Å²) in [5.41, 5.74) is 3.56. The molecule has 2 heterocycles. The van der Waals surface area contributed by atoms with Crippen molar-refractivity contribution in [2.45, 2.75) is 27.3 Å². The first-order valence-corrected chi connectivity index (χ1v) is 10.4. The van der Waals surface area contributed by atoms with E-state index in [-0.39, 0.29) is 18.4 Å². The van der Waals surface area contributed by atoms with Crippen LogP contribution in [0.5, 0.6) is 0 Å². The normalized spacial score (nSPS) is 10.8. The number of hydrogen-bond donors (Lipinski definition) is 1. The zero-order valence-corrected chi connectivity index (χ0v) is 18.4. The highest BCUT2D eigenvalue weighted by atomic mass is 32.1. The van der Waals surface area contributed by atoms with Crippen molar-refractivity contribution in [1.29, 1.82) is 0 Å². The fraction of sp³-hybridized carbons (Fsp3) is 0.273. The highest BCUT2D eigenvalue weighted by Crippen LogP contribution is 2.29. The lowest BCUT2D eigenvalue weighted by molar-refractivity contribution is -0.117. The molecule has 30 heavy (non-hydrogen) atoms. The predicted octanol–water partition coefficient (Wildman–Crippen LogP) is 3.91. The van der Waals surface area contributed by atoms with Gasteiger partial charge in [-0.05, 0) is 45.2 Å². The largest absolute Gasteiger partial charge is 0.310 e. The van der Waals surface area contributed by atoms with Crippen molar-refractivity contribution in [2.24, 2.45) is 0 Å². The van der Waals surface area contributed by atoms with Crippen molar-refractivity contribution in [2.75, 3.05) is 23.8 Å². The molecule has 0 bridgehead atoms. The number of likely N-dealkylation sites (N-methyl/N-ethyl adjacent to an activating group) is 1. The Balaban J connectivity index is 1.63. The third-order valence-corrected chi connectivity index (χ3v) is 5.21. The molecule has 0 atom stereocenters. The number of rotatable bonds is 7. The lowest BCUT2D eigenvalue weighted by Crippen LogP contribution is -2.30. The molecule has 0 aliphatic heterocycles. The van der Waals surface area contributed by atoms with Crippen LogP contribution in [0.15, 0.2) is 47.8 Å². The molecule has 0 saturated heterocycles. The fourth-order valence-electron chi connectivity index (χ4n) is 2.97. The average Bonchev–Trinajstić information content (AvgIpc) is 3.10. The maximum absolute atomic E-state index is 12.3. The lowest BCUT2D eigenvalue weighted by Gasteiger charge is -2.18. The van der Waals surface area contributed by atoms with Gasteiger partial charge in [0, 0.05) is 24.5 Å². The lowest BCUT2D eigenvalue weighted by atomic mass is 10.2. The van der Waals surface area contributed by atoms with Crippen LogP contribution in [0.1, 0.15) is 23.9 Å². The number of amides is 2. The van der Waals surface area contributed by atoms with E-state index in [0.717, 1.165) is 22.6 Å². The van der Waals surface area contributed by atoms with Gasteiger partial charge in [0.25, 0.3) is 0 Å². The van der Waals surface area contributed by atoms with Crippen LogP contribution in [0.25, 0.3) is 0 Å². The molecule has 0 aliphatic rings. The second kappa shape index (κ2) is 9.60. The molecule has 1 N–H and O–H groups in total. The highest BCUT2D eigenvalue weighted by Gasteiger charge is 2.18. The Kier molecular flexibility index (Phi) is 6.91. The molecule has 3 rings (SSSR count). The van der Waals surface area contributed by atoms with Crippen LogP contribution in [0.2, 0.25) is 0 Å². The molecular weight excluding hydrogens is 398 g/mol. The summed E-state index contributed by atoms with van der Waals surface area (Å²) in [5.74, 6) is 0.300. The summed E-state index contributed by atoms with van der Waals surface area (Å²) in [5, 5.41) is 5.33. The van der Waals surface area contributed by atoms with E-state index in [0.29, 0.717) is 17.5 Å². The van der Waals surface area contributed by atoms with Crippen molar-refractivity contribution < 1.29 is 9.59 Å². The summed E-state index contributed by atoms with van der Waals surface area (Å²) in [6.45, 7) is 6.10. The maximum atomic E-state index is 12.3. The topological polar surface area (TPSA) is 78.4 Å². The first-order chi connectivity index (χ1) is 14.3. The molecule has 156 valence electrons. The van der Waals surface area contributed by atoms with E-state index < -0.39 is 0 Å². The molecule has 0 fully saturated rings. The maximum Gasteiger partial charge on any atom is 0.239 e. The number of benzene rings is 1. The van der Waals surface area contributed by atoms with Crippen molar-refractivity contribution in [3.8, 4) is 0 Å². The molecule has 8 heteroatoms. The van der Waals surface area contributed by atoms with Gasteiger partial charge in [0.1, 0.15) is 5.82 Å². The van der Waals surface area contributed by atoms with Crippen LogP contribution in [-0.4, -0.2) is 40.3 Å². The van der Waals surface area contributed by atoms with Crippen LogP contribution >= 0.6 is 11.3 Å². The predicted molar refractivity (Wildman–Crippen MR) is 120 cm³/mol. The van der Waals surface area contributed by atoms with E-state index in [2.05, 4.69) is 15.3 Å². The molecular formula is C22H25N5O2S. The molecule has 1 aromatic carbocycles. The summed E-state index contributed by atoms with van der Waals surface area (Å²) in [6, 6.07) is 13.3. The van der Waals surface area contributed by atoms with Gasteiger partial charge in [-0.1, -0.05) is 23.8 Å². The van der Waals surface area contributed by atoms with Crippen molar-refractivity contribution >= 4 is 39.8 Å². The van der Waals surface area contributed by atoms with Crippen molar-refractivity contribution in [3.63, 3.8) is 0 Å². The van der Waals surface area contributed by atoms with Crippen LogP contribution in [-0.2, 0) is 16.1 Å². The minimum absolute atomic E-state index is 0.0989.